The van der Waals surface area contributed by atoms with Gasteiger partial charge in [-0.15, -0.1) is 0 Å². The molecule has 0 amide bonds. The number of benzene rings is 1. The number of aliphatic hydroxyl groups is 1. The van der Waals surface area contributed by atoms with Crippen LogP contribution in [0.1, 0.15) is 45.3 Å². The van der Waals surface area contributed by atoms with E-state index >= 15 is 0 Å². The number of rotatable bonds is 5. The van der Waals surface area contributed by atoms with E-state index in [1.54, 1.807) is 6.92 Å². The molecule has 21 heavy (non-hydrogen) atoms. The summed E-state index contributed by atoms with van der Waals surface area (Å²) in [4.78, 5) is 10.3. The molecule has 0 aromatic heterocycles. The maximum atomic E-state index is 10.8. The summed E-state index contributed by atoms with van der Waals surface area (Å²) in [5.41, 5.74) is 0.231. The molecular weight excluding hydrogens is 274 g/mol. The number of ether oxygens (including phenoxy) is 2. The Bertz CT molecular complexity index is 527. The van der Waals surface area contributed by atoms with E-state index in [4.69, 9.17) is 9.47 Å². The van der Waals surface area contributed by atoms with Gasteiger partial charge in [0.05, 0.1) is 22.7 Å². The molecule has 1 aliphatic rings. The minimum Gasteiger partial charge on any atom is -0.490 e. The van der Waals surface area contributed by atoms with E-state index in [1.807, 2.05) is 13.8 Å². The van der Waals surface area contributed by atoms with Crippen LogP contribution in [0.3, 0.4) is 0 Å². The van der Waals surface area contributed by atoms with Crippen molar-refractivity contribution >= 4 is 5.69 Å². The van der Waals surface area contributed by atoms with Gasteiger partial charge in [-0.3, -0.25) is 10.1 Å². The molecule has 0 radical (unpaired) electrons. The number of hydrogen-bond donors (Lipinski definition) is 1. The van der Waals surface area contributed by atoms with Gasteiger partial charge in [-0.25, -0.2) is 0 Å². The summed E-state index contributed by atoms with van der Waals surface area (Å²) >= 11 is 0. The Kier molecular flexibility index (Phi) is 4.49. The molecule has 0 spiro atoms. The summed E-state index contributed by atoms with van der Waals surface area (Å²) < 4.78 is 11.5. The number of non-ortho nitro benzene ring substituents is 1. The second-order valence-electron chi connectivity index (χ2n) is 6.00. The van der Waals surface area contributed by atoms with Gasteiger partial charge in [0.25, 0.3) is 5.69 Å². The van der Waals surface area contributed by atoms with Crippen LogP contribution >= 0.6 is 0 Å². The number of nitro groups is 1. The average molecular weight is 295 g/mol. The Morgan fingerprint density at radius 1 is 1.57 bits per heavy atom. The molecule has 2 atom stereocenters. The molecule has 1 aromatic rings. The molecule has 6 heteroatoms. The largest absolute Gasteiger partial charge is 0.490 e. The normalized spacial score (nSPS) is 22.0. The Labute approximate surface area is 123 Å². The van der Waals surface area contributed by atoms with Crippen LogP contribution in [0, 0.1) is 10.1 Å². The first-order valence-corrected chi connectivity index (χ1v) is 7.05. The lowest BCUT2D eigenvalue weighted by atomic mass is 10.1. The summed E-state index contributed by atoms with van der Waals surface area (Å²) in [6.45, 7) is 6.02. The van der Waals surface area contributed by atoms with E-state index in [-0.39, 0.29) is 17.4 Å². The van der Waals surface area contributed by atoms with Crippen molar-refractivity contribution in [2.24, 2.45) is 0 Å². The van der Waals surface area contributed by atoms with E-state index in [1.165, 1.54) is 18.2 Å². The third-order valence-corrected chi connectivity index (χ3v) is 3.63. The van der Waals surface area contributed by atoms with Crippen LogP contribution in [0.5, 0.6) is 5.75 Å². The first kappa shape index (κ1) is 15.7. The molecule has 1 fully saturated rings. The van der Waals surface area contributed by atoms with Crippen LogP contribution < -0.4 is 4.74 Å². The summed E-state index contributed by atoms with van der Waals surface area (Å²) in [5, 5.41) is 20.5. The van der Waals surface area contributed by atoms with Crippen molar-refractivity contribution in [2.75, 3.05) is 6.61 Å². The first-order valence-electron chi connectivity index (χ1n) is 7.05. The van der Waals surface area contributed by atoms with Crippen molar-refractivity contribution in [3.8, 4) is 5.75 Å². The Morgan fingerprint density at radius 2 is 2.29 bits per heavy atom. The zero-order valence-corrected chi connectivity index (χ0v) is 12.5. The molecule has 2 rings (SSSR count). The molecule has 1 aromatic carbocycles. The van der Waals surface area contributed by atoms with E-state index in [9.17, 15) is 15.2 Å². The molecule has 116 valence electrons. The van der Waals surface area contributed by atoms with Crippen molar-refractivity contribution < 1.29 is 19.5 Å². The van der Waals surface area contributed by atoms with Gasteiger partial charge in [0, 0.05) is 17.7 Å². The van der Waals surface area contributed by atoms with E-state index in [0.717, 1.165) is 12.8 Å². The molecule has 1 saturated heterocycles. The third-order valence-electron chi connectivity index (χ3n) is 3.63. The lowest BCUT2D eigenvalue weighted by molar-refractivity contribution is -0.385. The van der Waals surface area contributed by atoms with E-state index in [2.05, 4.69) is 0 Å². The fourth-order valence-electron chi connectivity index (χ4n) is 2.49. The molecule has 1 heterocycles. The predicted molar refractivity (Wildman–Crippen MR) is 77.4 cm³/mol. The van der Waals surface area contributed by atoms with E-state index < -0.39 is 11.0 Å². The smallest absolute Gasteiger partial charge is 0.270 e. The van der Waals surface area contributed by atoms with Crippen LogP contribution in [0.4, 0.5) is 5.69 Å². The van der Waals surface area contributed by atoms with E-state index in [0.29, 0.717) is 17.9 Å². The maximum Gasteiger partial charge on any atom is 0.270 e. The van der Waals surface area contributed by atoms with Gasteiger partial charge in [-0.1, -0.05) is 0 Å². The average Bonchev–Trinajstić information content (AvgIpc) is 2.75. The van der Waals surface area contributed by atoms with Crippen molar-refractivity contribution in [3.05, 3.63) is 33.9 Å². The quantitative estimate of drug-likeness (QED) is 0.667. The van der Waals surface area contributed by atoms with Crippen molar-refractivity contribution in [3.63, 3.8) is 0 Å². The molecular formula is C15H21NO5. The standard InChI is InChI=1S/C15H21NO5/c1-10(17)13-8-11(16(18)19)4-5-14(13)20-9-12-6-7-15(2,3)21-12/h4-5,8,10,12,17H,6-7,9H2,1-3H3/t10-,12?/m1/s1. The lowest BCUT2D eigenvalue weighted by Crippen LogP contribution is -2.24. The molecule has 1 N–H and O–H groups in total. The van der Waals surface area contributed by atoms with Crippen molar-refractivity contribution in [1.29, 1.82) is 0 Å². The molecule has 1 unspecified atom stereocenters. The lowest BCUT2D eigenvalue weighted by Gasteiger charge is -2.20. The second-order valence-corrected chi connectivity index (χ2v) is 6.00. The van der Waals surface area contributed by atoms with Crippen LogP contribution in [0.15, 0.2) is 18.2 Å². The Morgan fingerprint density at radius 3 is 2.81 bits per heavy atom. The topological polar surface area (TPSA) is 81.8 Å². The molecule has 6 nitrogen and oxygen atoms in total. The second kappa shape index (κ2) is 5.99. The van der Waals surface area contributed by atoms with Gasteiger partial charge in [0.1, 0.15) is 12.4 Å². The highest BCUT2D eigenvalue weighted by molar-refractivity contribution is 5.44. The summed E-state index contributed by atoms with van der Waals surface area (Å²) in [7, 11) is 0. The van der Waals surface area contributed by atoms with Crippen LogP contribution in [0.25, 0.3) is 0 Å². The van der Waals surface area contributed by atoms with Crippen LogP contribution in [-0.2, 0) is 4.74 Å². The zero-order chi connectivity index (χ0) is 15.6. The van der Waals surface area contributed by atoms with Gasteiger partial charge in [0.15, 0.2) is 0 Å². The van der Waals surface area contributed by atoms with Gasteiger partial charge < -0.3 is 14.6 Å². The highest BCUT2D eigenvalue weighted by Gasteiger charge is 2.32. The Hall–Kier alpha value is -1.66. The number of hydrogen-bond acceptors (Lipinski definition) is 5. The number of nitro benzene ring substituents is 1. The van der Waals surface area contributed by atoms with Gasteiger partial charge in [-0.2, -0.15) is 0 Å². The number of aliphatic hydroxyl groups excluding tert-OH is 1. The minimum absolute atomic E-state index is 0.0111. The summed E-state index contributed by atoms with van der Waals surface area (Å²) in [6.07, 6.45) is 1.08. The highest BCUT2D eigenvalue weighted by atomic mass is 16.6. The minimum atomic E-state index is -0.833. The number of nitrogens with zero attached hydrogens (tertiary/aromatic N) is 1. The molecule has 0 saturated carbocycles. The summed E-state index contributed by atoms with van der Waals surface area (Å²) in [5.74, 6) is 0.462. The van der Waals surface area contributed by atoms with Gasteiger partial charge >= 0.3 is 0 Å². The monoisotopic (exact) mass is 295 g/mol. The Balaban J connectivity index is 2.07. The molecule has 1 aliphatic heterocycles. The first-order chi connectivity index (χ1) is 9.78. The SMILES string of the molecule is C[C@@H](O)c1cc([N+](=O)[O-])ccc1OCC1CCC(C)(C)O1. The van der Waals surface area contributed by atoms with Crippen LogP contribution in [0.2, 0.25) is 0 Å². The third kappa shape index (κ3) is 3.92. The maximum absolute atomic E-state index is 10.8. The summed E-state index contributed by atoms with van der Waals surface area (Å²) in [6, 6.07) is 4.25. The highest BCUT2D eigenvalue weighted by Crippen LogP contribution is 2.32. The van der Waals surface area contributed by atoms with Crippen LogP contribution in [-0.4, -0.2) is 28.3 Å². The van der Waals surface area contributed by atoms with Gasteiger partial charge in [-0.05, 0) is 39.7 Å². The molecule has 0 bridgehead atoms. The van der Waals surface area contributed by atoms with Crippen molar-refractivity contribution in [2.45, 2.75) is 51.4 Å². The molecule has 0 aliphatic carbocycles. The predicted octanol–water partition coefficient (Wildman–Crippen LogP) is 2.98. The van der Waals surface area contributed by atoms with Gasteiger partial charge in [0.2, 0.25) is 0 Å². The fraction of sp³-hybridized carbons (Fsp3) is 0.600. The fourth-order valence-corrected chi connectivity index (χ4v) is 2.49. The zero-order valence-electron chi connectivity index (χ0n) is 12.5. The van der Waals surface area contributed by atoms with Crippen molar-refractivity contribution in [1.82, 2.24) is 0 Å².